The molecule has 0 unspecified atom stereocenters. The Labute approximate surface area is 169 Å². The fourth-order valence-electron chi connectivity index (χ4n) is 2.77. The van der Waals surface area contributed by atoms with E-state index in [1.165, 1.54) is 22.8 Å². The van der Waals surface area contributed by atoms with Crippen LogP contribution in [0.25, 0.3) is 10.9 Å². The maximum Gasteiger partial charge on any atom is 0.387 e. The van der Waals surface area contributed by atoms with Gasteiger partial charge in [0.2, 0.25) is 5.91 Å². The summed E-state index contributed by atoms with van der Waals surface area (Å²) in [6.07, 6.45) is 0. The van der Waals surface area contributed by atoms with E-state index in [1.54, 1.807) is 30.3 Å². The second kappa shape index (κ2) is 9.04. The lowest BCUT2D eigenvalue weighted by atomic mass is 10.2. The van der Waals surface area contributed by atoms with Gasteiger partial charge >= 0.3 is 6.61 Å². The van der Waals surface area contributed by atoms with Crippen molar-refractivity contribution < 1.29 is 18.3 Å². The fraction of sp³-hybridized carbons (Fsp3) is 0.250. The van der Waals surface area contributed by atoms with Crippen LogP contribution in [0.3, 0.4) is 0 Å². The quantitative estimate of drug-likeness (QED) is 0.456. The van der Waals surface area contributed by atoms with Crippen molar-refractivity contribution >= 4 is 34.3 Å². The van der Waals surface area contributed by atoms with E-state index in [0.717, 1.165) is 11.8 Å². The smallest absolute Gasteiger partial charge is 0.387 e. The van der Waals surface area contributed by atoms with Gasteiger partial charge in [0.25, 0.3) is 5.56 Å². The summed E-state index contributed by atoms with van der Waals surface area (Å²) in [6, 6.07) is 12.8. The average molecular weight is 419 g/mol. The summed E-state index contributed by atoms with van der Waals surface area (Å²) in [4.78, 5) is 29.7. The molecule has 0 aliphatic rings. The highest BCUT2D eigenvalue weighted by molar-refractivity contribution is 7.99. The Morgan fingerprint density at radius 3 is 2.59 bits per heavy atom. The molecule has 1 amide bonds. The van der Waals surface area contributed by atoms with Crippen molar-refractivity contribution in [3.05, 3.63) is 58.9 Å². The van der Waals surface area contributed by atoms with Crippen molar-refractivity contribution in [2.75, 3.05) is 11.1 Å². The van der Waals surface area contributed by atoms with Crippen LogP contribution in [0.5, 0.6) is 5.75 Å². The van der Waals surface area contributed by atoms with E-state index in [-0.39, 0.29) is 28.8 Å². The highest BCUT2D eigenvalue weighted by Gasteiger charge is 2.16. The first-order chi connectivity index (χ1) is 13.9. The van der Waals surface area contributed by atoms with E-state index >= 15 is 0 Å². The molecule has 0 radical (unpaired) electrons. The summed E-state index contributed by atoms with van der Waals surface area (Å²) in [5.41, 5.74) is 0.517. The van der Waals surface area contributed by atoms with E-state index < -0.39 is 12.5 Å². The molecule has 0 aliphatic heterocycles. The molecule has 1 aromatic heterocycles. The van der Waals surface area contributed by atoms with Crippen LogP contribution in [0, 0.1) is 0 Å². The Morgan fingerprint density at radius 1 is 1.17 bits per heavy atom. The molecule has 0 saturated heterocycles. The Kier molecular flexibility index (Phi) is 6.48. The van der Waals surface area contributed by atoms with Crippen molar-refractivity contribution in [1.29, 1.82) is 0 Å². The Morgan fingerprint density at radius 2 is 1.86 bits per heavy atom. The lowest BCUT2D eigenvalue weighted by Gasteiger charge is -2.16. The van der Waals surface area contributed by atoms with Gasteiger partial charge in [-0.1, -0.05) is 36.0 Å². The zero-order valence-electron chi connectivity index (χ0n) is 15.8. The zero-order chi connectivity index (χ0) is 21.0. The number of halogens is 2. The lowest BCUT2D eigenvalue weighted by molar-refractivity contribution is -0.113. The Balaban J connectivity index is 1.80. The molecule has 9 heteroatoms. The number of carbonyl (C=O) groups is 1. The van der Waals surface area contributed by atoms with Gasteiger partial charge in [0.15, 0.2) is 5.16 Å². The summed E-state index contributed by atoms with van der Waals surface area (Å²) in [5, 5.41) is 3.47. The Hall–Kier alpha value is -2.94. The van der Waals surface area contributed by atoms with Gasteiger partial charge in [0.1, 0.15) is 5.75 Å². The standard InChI is InChI=1S/C20H19F2N3O3S/c1-12(2)25-18(27)13-7-3-4-8-14(13)24-20(25)29-11-17(26)23-15-9-5-6-10-16(15)28-19(21)22/h3-10,12,19H,11H2,1-2H3,(H,23,26). The molecule has 1 heterocycles. The third-order valence-corrected chi connectivity index (χ3v) is 4.95. The molecule has 1 N–H and O–H groups in total. The molecule has 3 rings (SSSR count). The van der Waals surface area contributed by atoms with Crippen molar-refractivity contribution in [2.45, 2.75) is 31.7 Å². The summed E-state index contributed by atoms with van der Waals surface area (Å²) >= 11 is 1.10. The van der Waals surface area contributed by atoms with Crippen LogP contribution in [-0.4, -0.2) is 27.8 Å². The van der Waals surface area contributed by atoms with Crippen molar-refractivity contribution in [3.8, 4) is 5.75 Å². The predicted octanol–water partition coefficient (Wildman–Crippen LogP) is 4.31. The van der Waals surface area contributed by atoms with Gasteiger partial charge in [-0.15, -0.1) is 0 Å². The van der Waals surface area contributed by atoms with Gasteiger partial charge in [0.05, 0.1) is 22.3 Å². The van der Waals surface area contributed by atoms with Crippen molar-refractivity contribution in [1.82, 2.24) is 9.55 Å². The number of thioether (sulfide) groups is 1. The number of nitrogens with one attached hydrogen (secondary N) is 1. The van der Waals surface area contributed by atoms with Crippen molar-refractivity contribution in [2.24, 2.45) is 0 Å². The van der Waals surface area contributed by atoms with Gasteiger partial charge in [0, 0.05) is 6.04 Å². The molecule has 6 nitrogen and oxygen atoms in total. The SMILES string of the molecule is CC(C)n1c(SCC(=O)Nc2ccccc2OC(F)F)nc2ccccc2c1=O. The van der Waals surface area contributed by atoms with E-state index in [2.05, 4.69) is 15.0 Å². The number of hydrogen-bond acceptors (Lipinski definition) is 5. The first-order valence-electron chi connectivity index (χ1n) is 8.84. The number of alkyl halides is 2. The minimum absolute atomic E-state index is 0.0550. The molecule has 152 valence electrons. The fourth-order valence-corrected chi connectivity index (χ4v) is 3.70. The maximum atomic E-state index is 12.8. The minimum Gasteiger partial charge on any atom is -0.433 e. The van der Waals surface area contributed by atoms with Crippen LogP contribution >= 0.6 is 11.8 Å². The van der Waals surface area contributed by atoms with Crippen LogP contribution in [-0.2, 0) is 4.79 Å². The van der Waals surface area contributed by atoms with E-state index in [4.69, 9.17) is 0 Å². The molecular formula is C20H19F2N3O3S. The molecule has 0 spiro atoms. The zero-order valence-corrected chi connectivity index (χ0v) is 16.6. The average Bonchev–Trinajstić information content (AvgIpc) is 2.67. The molecule has 0 aliphatic carbocycles. The van der Waals surface area contributed by atoms with E-state index in [0.29, 0.717) is 16.1 Å². The first-order valence-corrected chi connectivity index (χ1v) is 9.83. The second-order valence-electron chi connectivity index (χ2n) is 6.39. The molecule has 3 aromatic rings. The van der Waals surface area contributed by atoms with Gasteiger partial charge in [-0.3, -0.25) is 14.2 Å². The van der Waals surface area contributed by atoms with Gasteiger partial charge in [-0.05, 0) is 38.1 Å². The monoisotopic (exact) mass is 419 g/mol. The molecule has 29 heavy (non-hydrogen) atoms. The van der Waals surface area contributed by atoms with E-state index in [9.17, 15) is 18.4 Å². The van der Waals surface area contributed by atoms with Crippen molar-refractivity contribution in [3.63, 3.8) is 0 Å². The largest absolute Gasteiger partial charge is 0.433 e. The highest BCUT2D eigenvalue weighted by Crippen LogP contribution is 2.26. The summed E-state index contributed by atoms with van der Waals surface area (Å²) in [6.45, 7) is 0.726. The number of para-hydroxylation sites is 3. The Bertz CT molecular complexity index is 1090. The number of nitrogens with zero attached hydrogens (tertiary/aromatic N) is 2. The number of anilines is 1. The topological polar surface area (TPSA) is 73.2 Å². The summed E-state index contributed by atoms with van der Waals surface area (Å²) < 4.78 is 31.0. The predicted molar refractivity (Wildman–Crippen MR) is 109 cm³/mol. The van der Waals surface area contributed by atoms with Crippen LogP contribution < -0.4 is 15.6 Å². The number of rotatable bonds is 7. The summed E-state index contributed by atoms with van der Waals surface area (Å²) in [7, 11) is 0. The molecule has 0 saturated carbocycles. The van der Waals surface area contributed by atoms with Crippen LogP contribution in [0.1, 0.15) is 19.9 Å². The van der Waals surface area contributed by atoms with Crippen LogP contribution in [0.4, 0.5) is 14.5 Å². The third-order valence-electron chi connectivity index (χ3n) is 4.00. The normalized spacial score (nSPS) is 11.2. The minimum atomic E-state index is -3.00. The molecule has 0 fully saturated rings. The number of benzene rings is 2. The molecule has 0 bridgehead atoms. The number of carbonyl (C=O) groups excluding carboxylic acids is 1. The van der Waals surface area contributed by atoms with E-state index in [1.807, 2.05) is 13.8 Å². The number of hydrogen-bond donors (Lipinski definition) is 1. The number of fused-ring (bicyclic) bond motifs is 1. The third kappa shape index (κ3) is 4.92. The number of amides is 1. The second-order valence-corrected chi connectivity index (χ2v) is 7.33. The maximum absolute atomic E-state index is 12.8. The highest BCUT2D eigenvalue weighted by atomic mass is 32.2. The lowest BCUT2D eigenvalue weighted by Crippen LogP contribution is -2.25. The summed E-state index contributed by atoms with van der Waals surface area (Å²) in [5.74, 6) is -0.609. The molecule has 0 atom stereocenters. The number of aromatic nitrogens is 2. The first kappa shape index (κ1) is 20.8. The van der Waals surface area contributed by atoms with Crippen LogP contribution in [0.15, 0.2) is 58.5 Å². The molecular weight excluding hydrogens is 400 g/mol. The van der Waals surface area contributed by atoms with Gasteiger partial charge in [-0.2, -0.15) is 8.78 Å². The van der Waals surface area contributed by atoms with Gasteiger partial charge < -0.3 is 10.1 Å². The van der Waals surface area contributed by atoms with Crippen LogP contribution in [0.2, 0.25) is 0 Å². The number of ether oxygens (including phenoxy) is 1. The van der Waals surface area contributed by atoms with Gasteiger partial charge in [-0.25, -0.2) is 4.98 Å². The molecule has 2 aromatic carbocycles.